The van der Waals surface area contributed by atoms with Gasteiger partial charge in [0.05, 0.1) is 17.8 Å². The van der Waals surface area contributed by atoms with E-state index in [1.807, 2.05) is 49.4 Å². The number of rotatable bonds is 3. The Morgan fingerprint density at radius 2 is 2.00 bits per heavy atom. The lowest BCUT2D eigenvalue weighted by Crippen LogP contribution is -2.15. The van der Waals surface area contributed by atoms with Crippen molar-refractivity contribution < 1.29 is 4.79 Å². The van der Waals surface area contributed by atoms with Gasteiger partial charge in [0, 0.05) is 0 Å². The molecule has 1 heterocycles. The monoisotopic (exact) mass is 280 g/mol. The van der Waals surface area contributed by atoms with Crippen LogP contribution in [0.25, 0.3) is 10.8 Å². The molecule has 4 N–H and O–H groups in total. The maximum Gasteiger partial charge on any atom is 0.230 e. The fourth-order valence-corrected chi connectivity index (χ4v) is 2.33. The Morgan fingerprint density at radius 1 is 1.24 bits per heavy atom. The molecule has 3 rings (SSSR count). The van der Waals surface area contributed by atoms with Crippen LogP contribution in [0.3, 0.4) is 0 Å². The molecule has 0 spiro atoms. The van der Waals surface area contributed by atoms with Gasteiger partial charge in [-0.3, -0.25) is 9.89 Å². The lowest BCUT2D eigenvalue weighted by molar-refractivity contribution is -0.115. The molecule has 0 aliphatic carbocycles. The van der Waals surface area contributed by atoms with Crippen LogP contribution < -0.4 is 11.1 Å². The summed E-state index contributed by atoms with van der Waals surface area (Å²) in [6.07, 6.45) is 0.284. The second-order valence-electron chi connectivity index (χ2n) is 4.97. The summed E-state index contributed by atoms with van der Waals surface area (Å²) in [7, 11) is 0. The van der Waals surface area contributed by atoms with Crippen molar-refractivity contribution in [2.75, 3.05) is 11.1 Å². The fraction of sp³-hybridized carbons (Fsp3) is 0.125. The molecule has 2 aromatic carbocycles. The largest absolute Gasteiger partial charge is 0.394 e. The maximum absolute atomic E-state index is 12.2. The van der Waals surface area contributed by atoms with E-state index in [1.165, 1.54) is 0 Å². The minimum absolute atomic E-state index is 0.135. The Hall–Kier alpha value is -2.82. The van der Waals surface area contributed by atoms with Crippen LogP contribution in [0.5, 0.6) is 0 Å². The number of fused-ring (bicyclic) bond motifs is 1. The number of benzene rings is 2. The number of aryl methyl sites for hydroxylation is 1. The van der Waals surface area contributed by atoms with Gasteiger partial charge in [-0.25, -0.2) is 0 Å². The number of carbonyl (C=O) groups excluding carboxylic acids is 1. The van der Waals surface area contributed by atoms with Crippen molar-refractivity contribution >= 4 is 28.2 Å². The van der Waals surface area contributed by atoms with Crippen molar-refractivity contribution in [2.45, 2.75) is 13.3 Å². The highest BCUT2D eigenvalue weighted by atomic mass is 16.1. The van der Waals surface area contributed by atoms with Crippen molar-refractivity contribution in [1.29, 1.82) is 0 Å². The minimum atomic E-state index is -0.135. The Labute approximate surface area is 122 Å². The van der Waals surface area contributed by atoms with Gasteiger partial charge in [-0.2, -0.15) is 5.10 Å². The van der Waals surface area contributed by atoms with Crippen LogP contribution in [0.4, 0.5) is 11.5 Å². The van der Waals surface area contributed by atoms with Gasteiger partial charge in [0.15, 0.2) is 5.82 Å². The van der Waals surface area contributed by atoms with Crippen LogP contribution in [-0.4, -0.2) is 16.1 Å². The Bertz CT molecular complexity index is 802. The predicted octanol–water partition coefficient (Wildman–Crippen LogP) is 2.63. The molecule has 5 nitrogen and oxygen atoms in total. The van der Waals surface area contributed by atoms with Crippen molar-refractivity contribution in [3.8, 4) is 0 Å². The number of amides is 1. The number of nitrogen functional groups attached to an aromatic ring is 1. The summed E-state index contributed by atoms with van der Waals surface area (Å²) in [5.74, 6) is 0.252. The number of H-pyrrole nitrogens is 1. The first-order valence-corrected chi connectivity index (χ1v) is 6.72. The summed E-state index contributed by atoms with van der Waals surface area (Å²) in [5, 5.41) is 11.7. The number of hydrogen-bond acceptors (Lipinski definition) is 3. The number of nitrogens with one attached hydrogen (secondary N) is 2. The average molecular weight is 280 g/mol. The zero-order valence-corrected chi connectivity index (χ0v) is 11.7. The number of carbonyl (C=O) groups is 1. The fourth-order valence-electron chi connectivity index (χ4n) is 2.33. The molecule has 0 saturated heterocycles. The van der Waals surface area contributed by atoms with E-state index in [4.69, 9.17) is 5.73 Å². The molecule has 5 heteroatoms. The van der Waals surface area contributed by atoms with Crippen LogP contribution in [0.15, 0.2) is 42.5 Å². The molecule has 3 aromatic rings. The van der Waals surface area contributed by atoms with Crippen molar-refractivity contribution in [1.82, 2.24) is 10.2 Å². The number of hydrogen-bond donors (Lipinski definition) is 3. The molecule has 0 atom stereocenters. The van der Waals surface area contributed by atoms with E-state index in [0.29, 0.717) is 11.5 Å². The van der Waals surface area contributed by atoms with Gasteiger partial charge < -0.3 is 11.1 Å². The molecule has 0 unspecified atom stereocenters. The van der Waals surface area contributed by atoms with Crippen molar-refractivity contribution in [2.24, 2.45) is 0 Å². The van der Waals surface area contributed by atoms with Gasteiger partial charge in [0.25, 0.3) is 0 Å². The quantitative estimate of drug-likeness (QED) is 0.689. The lowest BCUT2D eigenvalue weighted by Gasteiger charge is -2.07. The number of aromatic amines is 1. The number of nitrogens with two attached hydrogens (primary N) is 1. The normalized spacial score (nSPS) is 10.7. The molecule has 1 aromatic heterocycles. The van der Waals surface area contributed by atoms with Crippen LogP contribution in [0, 0.1) is 6.92 Å². The second kappa shape index (κ2) is 5.28. The predicted molar refractivity (Wildman–Crippen MR) is 84.0 cm³/mol. The molecule has 0 bridgehead atoms. The van der Waals surface area contributed by atoms with E-state index in [0.717, 1.165) is 22.0 Å². The number of nitrogens with zero attached hydrogens (tertiary/aromatic N) is 1. The zero-order valence-electron chi connectivity index (χ0n) is 11.7. The molecule has 0 aliphatic heterocycles. The van der Waals surface area contributed by atoms with Gasteiger partial charge in [-0.1, -0.05) is 42.5 Å². The number of anilines is 2. The van der Waals surface area contributed by atoms with E-state index in [1.54, 1.807) is 0 Å². The standard InChI is InChI=1S/C16H16N4O/c1-10-15(17)16(20-19-10)18-14(21)9-12-7-4-6-11-5-2-3-8-13(11)12/h2-8H,9,17H2,1H3,(H2,18,19,20,21). The molecule has 1 amide bonds. The maximum atomic E-state index is 12.2. The summed E-state index contributed by atoms with van der Waals surface area (Å²) in [6, 6.07) is 14.0. The van der Waals surface area contributed by atoms with Gasteiger partial charge in [0.1, 0.15) is 0 Å². The smallest absolute Gasteiger partial charge is 0.230 e. The third kappa shape index (κ3) is 2.58. The van der Waals surface area contributed by atoms with Gasteiger partial charge in [-0.05, 0) is 23.3 Å². The van der Waals surface area contributed by atoms with Crippen LogP contribution in [0.1, 0.15) is 11.3 Å². The summed E-state index contributed by atoms with van der Waals surface area (Å²) in [5.41, 5.74) is 8.03. The molecule has 0 radical (unpaired) electrons. The first kappa shape index (κ1) is 13.2. The summed E-state index contributed by atoms with van der Waals surface area (Å²) in [4.78, 5) is 12.2. The van der Waals surface area contributed by atoms with Gasteiger partial charge in [-0.15, -0.1) is 0 Å². The molecular formula is C16H16N4O. The summed E-state index contributed by atoms with van der Waals surface area (Å²) in [6.45, 7) is 1.81. The number of aromatic nitrogens is 2. The van der Waals surface area contributed by atoms with E-state index in [9.17, 15) is 4.79 Å². The zero-order chi connectivity index (χ0) is 14.8. The van der Waals surface area contributed by atoms with Gasteiger partial charge in [0.2, 0.25) is 5.91 Å². The first-order chi connectivity index (χ1) is 10.1. The lowest BCUT2D eigenvalue weighted by atomic mass is 10.0. The molecular weight excluding hydrogens is 264 g/mol. The van der Waals surface area contributed by atoms with E-state index >= 15 is 0 Å². The second-order valence-corrected chi connectivity index (χ2v) is 4.97. The van der Waals surface area contributed by atoms with Crippen molar-refractivity contribution in [3.05, 3.63) is 53.7 Å². The molecule has 0 saturated carbocycles. The average Bonchev–Trinajstić information content (AvgIpc) is 2.80. The van der Waals surface area contributed by atoms with E-state index < -0.39 is 0 Å². The molecule has 21 heavy (non-hydrogen) atoms. The molecule has 106 valence electrons. The molecule has 0 fully saturated rings. The SMILES string of the molecule is Cc1[nH]nc(NC(=O)Cc2cccc3ccccc23)c1N. The Kier molecular flexibility index (Phi) is 3.31. The van der Waals surface area contributed by atoms with Crippen LogP contribution >= 0.6 is 0 Å². The van der Waals surface area contributed by atoms with Crippen LogP contribution in [-0.2, 0) is 11.2 Å². The highest BCUT2D eigenvalue weighted by molar-refractivity contribution is 5.97. The van der Waals surface area contributed by atoms with Crippen molar-refractivity contribution in [3.63, 3.8) is 0 Å². The Morgan fingerprint density at radius 3 is 2.76 bits per heavy atom. The first-order valence-electron chi connectivity index (χ1n) is 6.72. The summed E-state index contributed by atoms with van der Waals surface area (Å²) < 4.78 is 0. The molecule has 0 aliphatic rings. The van der Waals surface area contributed by atoms with E-state index in [2.05, 4.69) is 15.5 Å². The van der Waals surface area contributed by atoms with E-state index in [-0.39, 0.29) is 12.3 Å². The highest BCUT2D eigenvalue weighted by Crippen LogP contribution is 2.21. The minimum Gasteiger partial charge on any atom is -0.394 e. The Balaban J connectivity index is 1.82. The highest BCUT2D eigenvalue weighted by Gasteiger charge is 2.11. The third-order valence-electron chi connectivity index (χ3n) is 3.48. The topological polar surface area (TPSA) is 83.8 Å². The summed E-state index contributed by atoms with van der Waals surface area (Å²) >= 11 is 0. The van der Waals surface area contributed by atoms with Crippen LogP contribution in [0.2, 0.25) is 0 Å². The third-order valence-corrected chi connectivity index (χ3v) is 3.48. The van der Waals surface area contributed by atoms with Gasteiger partial charge >= 0.3 is 0 Å².